The Morgan fingerprint density at radius 2 is 1.83 bits per heavy atom. The molecule has 0 spiro atoms. The summed E-state index contributed by atoms with van der Waals surface area (Å²) >= 11 is 0. The number of hydrogen-bond acceptors (Lipinski definition) is 3. The number of carbonyl (C=O) groups excluding carboxylic acids is 2. The first-order chi connectivity index (χ1) is 8.61. The number of carbonyl (C=O) groups is 2. The maximum absolute atomic E-state index is 11.8. The fourth-order valence-corrected chi connectivity index (χ4v) is 2.09. The number of nitrogens with two attached hydrogens (primary N) is 1. The Morgan fingerprint density at radius 1 is 1.22 bits per heavy atom. The number of likely N-dealkylation sites (tertiary alicyclic amines) is 1. The van der Waals surface area contributed by atoms with Gasteiger partial charge in [0.05, 0.1) is 12.6 Å². The molecule has 1 aromatic rings. The fraction of sp³-hybridized carbons (Fsp3) is 0.429. The van der Waals surface area contributed by atoms with Gasteiger partial charge in [-0.1, -0.05) is 31.2 Å². The van der Waals surface area contributed by atoms with Gasteiger partial charge < -0.3 is 5.73 Å². The number of imide groups is 1. The van der Waals surface area contributed by atoms with Crippen LogP contribution in [0.2, 0.25) is 0 Å². The Hall–Kier alpha value is -1.68. The molecule has 96 valence electrons. The highest BCUT2D eigenvalue weighted by Gasteiger charge is 2.31. The van der Waals surface area contributed by atoms with Gasteiger partial charge >= 0.3 is 0 Å². The molecule has 0 aromatic heterocycles. The van der Waals surface area contributed by atoms with Crippen LogP contribution in [-0.2, 0) is 22.6 Å². The van der Waals surface area contributed by atoms with E-state index in [1.54, 1.807) is 0 Å². The van der Waals surface area contributed by atoms with Crippen LogP contribution in [0.1, 0.15) is 30.9 Å². The minimum absolute atomic E-state index is 0.124. The van der Waals surface area contributed by atoms with Gasteiger partial charge in [-0.3, -0.25) is 14.5 Å². The molecule has 1 unspecified atom stereocenters. The highest BCUT2D eigenvalue weighted by atomic mass is 16.2. The maximum atomic E-state index is 11.8. The first-order valence-corrected chi connectivity index (χ1v) is 6.29. The third-order valence-electron chi connectivity index (χ3n) is 3.33. The smallest absolute Gasteiger partial charge is 0.246 e. The molecule has 1 atom stereocenters. The first-order valence-electron chi connectivity index (χ1n) is 6.29. The highest BCUT2D eigenvalue weighted by molar-refractivity contribution is 6.00. The molecule has 1 heterocycles. The van der Waals surface area contributed by atoms with Gasteiger partial charge in [-0.05, 0) is 24.0 Å². The van der Waals surface area contributed by atoms with Crippen molar-refractivity contribution in [3.63, 3.8) is 0 Å². The number of benzene rings is 1. The van der Waals surface area contributed by atoms with E-state index in [0.717, 1.165) is 12.0 Å². The van der Waals surface area contributed by atoms with Gasteiger partial charge in [0, 0.05) is 6.42 Å². The zero-order valence-electron chi connectivity index (χ0n) is 10.6. The summed E-state index contributed by atoms with van der Waals surface area (Å²) in [5, 5.41) is 0. The van der Waals surface area contributed by atoms with Crippen LogP contribution >= 0.6 is 0 Å². The lowest BCUT2D eigenvalue weighted by atomic mass is 10.0. The number of aryl methyl sites for hydroxylation is 1. The van der Waals surface area contributed by atoms with Crippen LogP contribution in [-0.4, -0.2) is 22.8 Å². The second-order valence-corrected chi connectivity index (χ2v) is 4.63. The molecule has 2 rings (SSSR count). The predicted molar refractivity (Wildman–Crippen MR) is 68.6 cm³/mol. The van der Waals surface area contributed by atoms with Crippen LogP contribution < -0.4 is 5.73 Å². The van der Waals surface area contributed by atoms with Crippen LogP contribution in [0.3, 0.4) is 0 Å². The number of hydrogen-bond donors (Lipinski definition) is 1. The molecular formula is C14H18N2O2. The monoisotopic (exact) mass is 246 g/mol. The average Bonchev–Trinajstić information content (AvgIpc) is 2.40. The Labute approximate surface area is 107 Å². The molecular weight excluding hydrogens is 228 g/mol. The van der Waals surface area contributed by atoms with Crippen molar-refractivity contribution in [3.05, 3.63) is 35.4 Å². The number of rotatable bonds is 3. The van der Waals surface area contributed by atoms with Gasteiger partial charge in [-0.2, -0.15) is 0 Å². The molecule has 1 aromatic carbocycles. The average molecular weight is 246 g/mol. The Morgan fingerprint density at radius 3 is 2.44 bits per heavy atom. The molecule has 0 radical (unpaired) electrons. The Balaban J connectivity index is 2.11. The number of nitrogens with zero attached hydrogens (tertiary/aromatic N) is 1. The van der Waals surface area contributed by atoms with Crippen LogP contribution in [0.5, 0.6) is 0 Å². The van der Waals surface area contributed by atoms with E-state index in [9.17, 15) is 9.59 Å². The van der Waals surface area contributed by atoms with Crippen molar-refractivity contribution >= 4 is 11.8 Å². The van der Waals surface area contributed by atoms with E-state index in [-0.39, 0.29) is 11.8 Å². The Kier molecular flexibility index (Phi) is 3.77. The quantitative estimate of drug-likeness (QED) is 0.816. The summed E-state index contributed by atoms with van der Waals surface area (Å²) in [6.07, 6.45) is 1.80. The van der Waals surface area contributed by atoms with Gasteiger partial charge in [0.2, 0.25) is 11.8 Å². The van der Waals surface area contributed by atoms with Crippen molar-refractivity contribution in [1.29, 1.82) is 0 Å². The second kappa shape index (κ2) is 5.31. The first kappa shape index (κ1) is 12.8. The lowest BCUT2D eigenvalue weighted by Crippen LogP contribution is -2.50. The Bertz CT molecular complexity index is 453. The van der Waals surface area contributed by atoms with Crippen molar-refractivity contribution in [2.75, 3.05) is 0 Å². The van der Waals surface area contributed by atoms with E-state index in [0.29, 0.717) is 19.4 Å². The van der Waals surface area contributed by atoms with Crippen molar-refractivity contribution in [3.8, 4) is 0 Å². The molecule has 0 aliphatic carbocycles. The standard InChI is InChI=1S/C14H18N2O2/c1-2-10-3-5-11(6-4-10)9-16-13(17)8-7-12(15)14(16)18/h3-6,12H,2,7-9,15H2,1H3. The minimum atomic E-state index is -0.530. The topological polar surface area (TPSA) is 63.4 Å². The molecule has 4 nitrogen and oxygen atoms in total. The van der Waals surface area contributed by atoms with Crippen LogP contribution in [0.4, 0.5) is 0 Å². The van der Waals surface area contributed by atoms with E-state index in [1.165, 1.54) is 10.5 Å². The van der Waals surface area contributed by atoms with Gasteiger partial charge in [-0.25, -0.2) is 0 Å². The van der Waals surface area contributed by atoms with Crippen molar-refractivity contribution in [2.24, 2.45) is 5.73 Å². The molecule has 1 fully saturated rings. The van der Waals surface area contributed by atoms with E-state index < -0.39 is 6.04 Å². The third-order valence-corrected chi connectivity index (χ3v) is 3.33. The summed E-state index contributed by atoms with van der Waals surface area (Å²) in [4.78, 5) is 24.8. The zero-order valence-corrected chi connectivity index (χ0v) is 10.6. The van der Waals surface area contributed by atoms with E-state index in [4.69, 9.17) is 5.73 Å². The molecule has 4 heteroatoms. The lowest BCUT2D eigenvalue weighted by Gasteiger charge is -2.28. The van der Waals surface area contributed by atoms with Gasteiger partial charge in [0.15, 0.2) is 0 Å². The van der Waals surface area contributed by atoms with Crippen LogP contribution in [0.25, 0.3) is 0 Å². The highest BCUT2D eigenvalue weighted by Crippen LogP contribution is 2.16. The zero-order chi connectivity index (χ0) is 13.1. The third kappa shape index (κ3) is 2.59. The van der Waals surface area contributed by atoms with Gasteiger partial charge in [0.25, 0.3) is 0 Å². The molecule has 0 bridgehead atoms. The summed E-state index contributed by atoms with van der Waals surface area (Å²) in [6.45, 7) is 2.42. The molecule has 0 saturated carbocycles. The maximum Gasteiger partial charge on any atom is 0.246 e. The second-order valence-electron chi connectivity index (χ2n) is 4.63. The normalized spacial score (nSPS) is 20.3. The molecule has 1 aliphatic heterocycles. The van der Waals surface area contributed by atoms with Crippen molar-refractivity contribution in [2.45, 2.75) is 38.8 Å². The lowest BCUT2D eigenvalue weighted by molar-refractivity contribution is -0.149. The minimum Gasteiger partial charge on any atom is -0.320 e. The van der Waals surface area contributed by atoms with E-state index in [1.807, 2.05) is 24.3 Å². The summed E-state index contributed by atoms with van der Waals surface area (Å²) in [5.74, 6) is -0.382. The van der Waals surface area contributed by atoms with Gasteiger partial charge in [-0.15, -0.1) is 0 Å². The molecule has 1 saturated heterocycles. The molecule has 2 amide bonds. The largest absolute Gasteiger partial charge is 0.320 e. The summed E-state index contributed by atoms with van der Waals surface area (Å²) in [7, 11) is 0. The van der Waals surface area contributed by atoms with Crippen LogP contribution in [0, 0.1) is 0 Å². The molecule has 18 heavy (non-hydrogen) atoms. The summed E-state index contributed by atoms with van der Waals surface area (Å²) in [5.41, 5.74) is 7.89. The number of piperidine rings is 1. The van der Waals surface area contributed by atoms with Crippen LogP contribution in [0.15, 0.2) is 24.3 Å². The fourth-order valence-electron chi connectivity index (χ4n) is 2.09. The summed E-state index contributed by atoms with van der Waals surface area (Å²) in [6, 6.07) is 7.43. The van der Waals surface area contributed by atoms with Crippen molar-refractivity contribution in [1.82, 2.24) is 4.90 Å². The predicted octanol–water partition coefficient (Wildman–Crippen LogP) is 1.23. The molecule has 2 N–H and O–H groups in total. The molecule has 1 aliphatic rings. The van der Waals surface area contributed by atoms with Gasteiger partial charge in [0.1, 0.15) is 0 Å². The summed E-state index contributed by atoms with van der Waals surface area (Å²) < 4.78 is 0. The number of amides is 2. The van der Waals surface area contributed by atoms with E-state index >= 15 is 0 Å². The SMILES string of the molecule is CCc1ccc(CN2C(=O)CCC(N)C2=O)cc1. The van der Waals surface area contributed by atoms with Crippen molar-refractivity contribution < 1.29 is 9.59 Å². The van der Waals surface area contributed by atoms with E-state index in [2.05, 4.69) is 6.92 Å².